The molecule has 0 aliphatic carbocycles. The minimum absolute atomic E-state index is 0.162. The highest BCUT2D eigenvalue weighted by atomic mass is 35.5. The van der Waals surface area contributed by atoms with E-state index in [9.17, 15) is 13.2 Å². The summed E-state index contributed by atoms with van der Waals surface area (Å²) in [5.74, 6) is 0. The van der Waals surface area contributed by atoms with Crippen LogP contribution < -0.4 is 5.43 Å². The largest absolute Gasteiger partial charge is 0.416 e. The number of nitrogens with one attached hydrogen (secondary N) is 1. The Balaban J connectivity index is 1.93. The van der Waals surface area contributed by atoms with Crippen LogP contribution in [0, 0.1) is 0 Å². The van der Waals surface area contributed by atoms with E-state index in [-0.39, 0.29) is 6.04 Å². The second kappa shape index (κ2) is 5.64. The third-order valence-electron chi connectivity index (χ3n) is 3.44. The molecule has 1 unspecified atom stereocenters. The molecule has 0 saturated carbocycles. The van der Waals surface area contributed by atoms with Gasteiger partial charge in [0.2, 0.25) is 0 Å². The molecule has 1 aliphatic heterocycles. The lowest BCUT2D eigenvalue weighted by Crippen LogP contribution is -2.31. The van der Waals surface area contributed by atoms with Crippen molar-refractivity contribution in [1.29, 1.82) is 0 Å². The van der Waals surface area contributed by atoms with E-state index in [0.29, 0.717) is 22.8 Å². The first-order valence-corrected chi connectivity index (χ1v) is 7.00. The predicted molar refractivity (Wildman–Crippen MR) is 76.9 cm³/mol. The standard InChI is InChI=1S/C14H12ClF3N4/c15-11-7-20-22(8-11)12-5-6-19-21-13(12)9-1-3-10(4-2-9)14(16,17)18/h1-4,7-8,12,19H,5-6H2. The molecule has 1 aromatic heterocycles. The lowest BCUT2D eigenvalue weighted by Gasteiger charge is -2.24. The van der Waals surface area contributed by atoms with Gasteiger partial charge in [-0.1, -0.05) is 23.7 Å². The van der Waals surface area contributed by atoms with Crippen molar-refractivity contribution in [1.82, 2.24) is 15.2 Å². The fraction of sp³-hybridized carbons (Fsp3) is 0.286. The molecule has 1 atom stereocenters. The van der Waals surface area contributed by atoms with Crippen LogP contribution in [0.3, 0.4) is 0 Å². The van der Waals surface area contributed by atoms with E-state index in [1.54, 1.807) is 10.9 Å². The molecular formula is C14H12ClF3N4. The number of rotatable bonds is 2. The minimum Gasteiger partial charge on any atom is -0.310 e. The van der Waals surface area contributed by atoms with Crippen LogP contribution in [0.1, 0.15) is 23.6 Å². The highest BCUT2D eigenvalue weighted by Gasteiger charge is 2.31. The van der Waals surface area contributed by atoms with Crippen molar-refractivity contribution >= 4 is 17.3 Å². The van der Waals surface area contributed by atoms with E-state index in [1.165, 1.54) is 18.3 Å². The Morgan fingerprint density at radius 1 is 1.23 bits per heavy atom. The van der Waals surface area contributed by atoms with Crippen molar-refractivity contribution in [2.75, 3.05) is 6.54 Å². The van der Waals surface area contributed by atoms with Gasteiger partial charge >= 0.3 is 6.18 Å². The first kappa shape index (κ1) is 14.9. The molecule has 0 saturated heterocycles. The molecule has 3 rings (SSSR count). The molecule has 0 radical (unpaired) electrons. The number of hydrazone groups is 1. The normalized spacial score (nSPS) is 18.7. The van der Waals surface area contributed by atoms with Crippen LogP contribution in [0.4, 0.5) is 13.2 Å². The summed E-state index contributed by atoms with van der Waals surface area (Å²) in [4.78, 5) is 0. The summed E-state index contributed by atoms with van der Waals surface area (Å²) in [6, 6.07) is 4.80. The van der Waals surface area contributed by atoms with Crippen LogP contribution >= 0.6 is 11.6 Å². The Labute approximate surface area is 129 Å². The van der Waals surface area contributed by atoms with Gasteiger partial charge in [-0.05, 0) is 24.1 Å². The summed E-state index contributed by atoms with van der Waals surface area (Å²) in [7, 11) is 0. The molecule has 1 aromatic carbocycles. The second-order valence-electron chi connectivity index (χ2n) is 4.92. The third kappa shape index (κ3) is 2.94. The van der Waals surface area contributed by atoms with E-state index in [0.717, 1.165) is 18.6 Å². The first-order valence-electron chi connectivity index (χ1n) is 6.63. The van der Waals surface area contributed by atoms with Crippen molar-refractivity contribution in [2.24, 2.45) is 5.10 Å². The molecule has 2 aromatic rings. The van der Waals surface area contributed by atoms with Crippen molar-refractivity contribution in [3.8, 4) is 0 Å². The minimum atomic E-state index is -4.35. The number of hydrogen-bond acceptors (Lipinski definition) is 3. The number of aromatic nitrogens is 2. The van der Waals surface area contributed by atoms with E-state index in [4.69, 9.17) is 11.6 Å². The molecule has 0 amide bonds. The summed E-state index contributed by atoms with van der Waals surface area (Å²) in [5, 5.41) is 8.91. The van der Waals surface area contributed by atoms with Crippen LogP contribution in [0.15, 0.2) is 41.8 Å². The molecule has 1 aliphatic rings. The Hall–Kier alpha value is -2.02. The van der Waals surface area contributed by atoms with Gasteiger partial charge in [0.1, 0.15) is 0 Å². The van der Waals surface area contributed by atoms with Crippen molar-refractivity contribution < 1.29 is 13.2 Å². The number of benzene rings is 1. The van der Waals surface area contributed by atoms with Gasteiger partial charge in [0.25, 0.3) is 0 Å². The van der Waals surface area contributed by atoms with Crippen LogP contribution in [0.2, 0.25) is 5.02 Å². The number of alkyl halides is 3. The van der Waals surface area contributed by atoms with Gasteiger partial charge < -0.3 is 5.43 Å². The average Bonchev–Trinajstić information content (AvgIpc) is 2.93. The molecule has 8 heteroatoms. The van der Waals surface area contributed by atoms with E-state index >= 15 is 0 Å². The molecule has 2 heterocycles. The third-order valence-corrected chi connectivity index (χ3v) is 3.64. The van der Waals surface area contributed by atoms with Crippen LogP contribution in [0.5, 0.6) is 0 Å². The fourth-order valence-electron chi connectivity index (χ4n) is 2.38. The number of hydrogen-bond donors (Lipinski definition) is 1. The topological polar surface area (TPSA) is 42.2 Å². The van der Waals surface area contributed by atoms with Crippen molar-refractivity contribution in [3.05, 3.63) is 52.8 Å². The Morgan fingerprint density at radius 3 is 2.55 bits per heavy atom. The lowest BCUT2D eigenvalue weighted by molar-refractivity contribution is -0.137. The van der Waals surface area contributed by atoms with Gasteiger partial charge in [-0.25, -0.2) is 0 Å². The zero-order chi connectivity index (χ0) is 15.7. The van der Waals surface area contributed by atoms with Gasteiger partial charge in [-0.2, -0.15) is 23.4 Å². The summed E-state index contributed by atoms with van der Waals surface area (Å²) >= 11 is 5.88. The van der Waals surface area contributed by atoms with Gasteiger partial charge in [-0.3, -0.25) is 4.68 Å². The van der Waals surface area contributed by atoms with Crippen LogP contribution in [-0.2, 0) is 6.18 Å². The van der Waals surface area contributed by atoms with Gasteiger partial charge in [-0.15, -0.1) is 0 Å². The van der Waals surface area contributed by atoms with E-state index < -0.39 is 11.7 Å². The van der Waals surface area contributed by atoms with Crippen LogP contribution in [0.25, 0.3) is 0 Å². The predicted octanol–water partition coefficient (Wildman–Crippen LogP) is 3.49. The molecule has 22 heavy (non-hydrogen) atoms. The molecule has 1 N–H and O–H groups in total. The summed E-state index contributed by atoms with van der Waals surface area (Å²) in [5.41, 5.74) is 3.46. The number of nitrogens with zero attached hydrogens (tertiary/aromatic N) is 3. The molecule has 0 fully saturated rings. The second-order valence-corrected chi connectivity index (χ2v) is 5.36. The summed E-state index contributed by atoms with van der Waals surface area (Å²) in [6.45, 7) is 0.659. The SMILES string of the molecule is FC(F)(F)c1ccc(C2=NNCCC2n2cc(Cl)cn2)cc1. The molecule has 0 bridgehead atoms. The average molecular weight is 329 g/mol. The first-order chi connectivity index (χ1) is 10.4. The summed E-state index contributed by atoms with van der Waals surface area (Å²) < 4.78 is 39.6. The Bertz CT molecular complexity index is 691. The smallest absolute Gasteiger partial charge is 0.310 e. The zero-order valence-electron chi connectivity index (χ0n) is 11.3. The van der Waals surface area contributed by atoms with Crippen molar-refractivity contribution in [3.63, 3.8) is 0 Å². The maximum Gasteiger partial charge on any atom is 0.416 e. The van der Waals surface area contributed by atoms with Gasteiger partial charge in [0.15, 0.2) is 0 Å². The monoisotopic (exact) mass is 328 g/mol. The summed E-state index contributed by atoms with van der Waals surface area (Å²) in [6.07, 6.45) is -0.428. The zero-order valence-corrected chi connectivity index (χ0v) is 12.1. The Kier molecular flexibility index (Phi) is 3.82. The highest BCUT2D eigenvalue weighted by Crippen LogP contribution is 2.30. The van der Waals surface area contributed by atoms with Gasteiger partial charge in [0, 0.05) is 12.7 Å². The van der Waals surface area contributed by atoms with Gasteiger partial charge in [0.05, 0.1) is 28.5 Å². The van der Waals surface area contributed by atoms with Crippen LogP contribution in [-0.4, -0.2) is 22.0 Å². The highest BCUT2D eigenvalue weighted by molar-refractivity contribution is 6.30. The maximum absolute atomic E-state index is 12.6. The maximum atomic E-state index is 12.6. The molecule has 116 valence electrons. The van der Waals surface area contributed by atoms with Crippen molar-refractivity contribution in [2.45, 2.75) is 18.6 Å². The molecule has 4 nitrogen and oxygen atoms in total. The quantitative estimate of drug-likeness (QED) is 0.917. The fourth-order valence-corrected chi connectivity index (χ4v) is 2.53. The number of halogens is 4. The molecular weight excluding hydrogens is 317 g/mol. The Morgan fingerprint density at radius 2 is 1.95 bits per heavy atom. The van der Waals surface area contributed by atoms with E-state index in [1.807, 2.05) is 0 Å². The lowest BCUT2D eigenvalue weighted by atomic mass is 9.98. The molecule has 0 spiro atoms. The van der Waals surface area contributed by atoms with E-state index in [2.05, 4.69) is 15.6 Å².